The van der Waals surface area contributed by atoms with Crippen molar-refractivity contribution in [2.75, 3.05) is 0 Å². The Hall–Kier alpha value is -0.340. The van der Waals surface area contributed by atoms with Gasteiger partial charge in [-0.3, -0.25) is 0 Å². The number of fused-ring (bicyclic) bond motifs is 1. The van der Waals surface area contributed by atoms with Crippen molar-refractivity contribution in [1.29, 1.82) is 0 Å². The van der Waals surface area contributed by atoms with Crippen LogP contribution in [0, 0.1) is 0 Å². The highest BCUT2D eigenvalue weighted by atomic mass is 32.2. The third-order valence-electron chi connectivity index (χ3n) is 2.43. The first kappa shape index (κ1) is 12.4. The van der Waals surface area contributed by atoms with E-state index in [1.165, 1.54) is 17.5 Å². The van der Waals surface area contributed by atoms with Crippen molar-refractivity contribution in [3.8, 4) is 0 Å². The number of thioether (sulfide) groups is 4. The fourth-order valence-corrected chi connectivity index (χ4v) is 7.05. The largest absolute Gasteiger partial charge is 0.245 e. The first-order valence-corrected chi connectivity index (χ1v) is 9.60. The Morgan fingerprint density at radius 1 is 0.737 bits per heavy atom. The van der Waals surface area contributed by atoms with Crippen LogP contribution >= 0.6 is 58.4 Å². The molecule has 4 heterocycles. The topological polar surface area (TPSA) is 25.8 Å². The van der Waals surface area contributed by atoms with Crippen molar-refractivity contribution >= 4 is 66.9 Å². The predicted molar refractivity (Wildman–Crippen MR) is 88.5 cm³/mol. The molecular weight excluding hydrogens is 332 g/mol. The summed E-state index contributed by atoms with van der Waals surface area (Å²) in [6.07, 6.45) is 3.50. The van der Waals surface area contributed by atoms with Gasteiger partial charge in [-0.25, -0.2) is 9.97 Å². The van der Waals surface area contributed by atoms with Gasteiger partial charge in [0.05, 0.1) is 8.47 Å². The van der Waals surface area contributed by atoms with E-state index in [1.54, 1.807) is 59.4 Å². The lowest BCUT2D eigenvalue weighted by molar-refractivity contribution is 0.930. The van der Waals surface area contributed by atoms with Crippen molar-refractivity contribution in [1.82, 2.24) is 9.97 Å². The molecule has 0 saturated carbocycles. The highest BCUT2D eigenvalue weighted by Gasteiger charge is 2.20. The molecule has 2 nitrogen and oxygen atoms in total. The van der Waals surface area contributed by atoms with E-state index in [0.29, 0.717) is 0 Å². The molecule has 0 aliphatic carbocycles. The zero-order chi connectivity index (χ0) is 12.7. The van der Waals surface area contributed by atoms with Crippen LogP contribution < -0.4 is 9.06 Å². The summed E-state index contributed by atoms with van der Waals surface area (Å²) in [5.41, 5.74) is 0. The monoisotopic (exact) mass is 338 g/mol. The predicted octanol–water partition coefficient (Wildman–Crippen LogP) is 3.52. The van der Waals surface area contributed by atoms with Crippen molar-refractivity contribution < 1.29 is 0 Å². The molecule has 2 aromatic heterocycles. The minimum absolute atomic E-state index is 1.02. The second-order valence-electron chi connectivity index (χ2n) is 3.62. The van der Waals surface area contributed by atoms with Crippen LogP contribution in [0.5, 0.6) is 0 Å². The Bertz CT molecular complexity index is 755. The van der Waals surface area contributed by atoms with Crippen LogP contribution in [0.4, 0.5) is 0 Å². The standard InChI is InChI=1S/C12H6N2S5/c1-2-8(17-7(1)11-15-5-6-16-11)12-18-9-10(19-12)14-4-3-13-9/h1-6H. The van der Waals surface area contributed by atoms with E-state index in [1.807, 2.05) is 11.3 Å². The summed E-state index contributed by atoms with van der Waals surface area (Å²) in [5.74, 6) is 0. The van der Waals surface area contributed by atoms with Crippen molar-refractivity contribution in [2.24, 2.45) is 0 Å². The molecule has 0 saturated heterocycles. The molecule has 2 aliphatic rings. The van der Waals surface area contributed by atoms with Crippen molar-refractivity contribution in [3.05, 3.63) is 44.4 Å². The number of rotatable bonds is 0. The number of nitrogens with zero attached hydrogens (tertiary/aromatic N) is 2. The zero-order valence-electron chi connectivity index (χ0n) is 9.40. The van der Waals surface area contributed by atoms with Gasteiger partial charge in [-0.1, -0.05) is 47.0 Å². The molecule has 4 rings (SSSR count). The van der Waals surface area contributed by atoms with Gasteiger partial charge in [-0.05, 0) is 22.9 Å². The SMILES string of the molecule is C1=CSC(=c2ccc(=C3Sc4nccnc4S3)s2)S1. The fraction of sp³-hybridized carbons (Fsp3) is 0. The van der Waals surface area contributed by atoms with E-state index < -0.39 is 0 Å². The molecule has 0 spiro atoms. The molecule has 0 radical (unpaired) electrons. The molecule has 2 aromatic rings. The molecule has 7 heteroatoms. The summed E-state index contributed by atoms with van der Waals surface area (Å²) in [6, 6.07) is 4.41. The molecule has 19 heavy (non-hydrogen) atoms. The normalized spacial score (nSPS) is 17.3. The zero-order valence-corrected chi connectivity index (χ0v) is 13.5. The minimum atomic E-state index is 1.02. The van der Waals surface area contributed by atoms with E-state index in [9.17, 15) is 0 Å². The second-order valence-corrected chi connectivity index (χ2v) is 9.05. The smallest absolute Gasteiger partial charge is 0.134 e. The molecule has 0 bridgehead atoms. The minimum Gasteiger partial charge on any atom is -0.245 e. The summed E-state index contributed by atoms with van der Waals surface area (Å²) in [6.45, 7) is 0. The third-order valence-corrected chi connectivity index (χ3v) is 8.65. The highest BCUT2D eigenvalue weighted by Crippen LogP contribution is 2.49. The molecule has 0 fully saturated rings. The van der Waals surface area contributed by atoms with Gasteiger partial charge in [0.1, 0.15) is 10.1 Å². The van der Waals surface area contributed by atoms with Crippen LogP contribution in [0.1, 0.15) is 0 Å². The van der Waals surface area contributed by atoms with Crippen LogP contribution in [0.3, 0.4) is 0 Å². The summed E-state index contributed by atoms with van der Waals surface area (Å²) < 4.78 is 5.32. The summed E-state index contributed by atoms with van der Waals surface area (Å²) >= 11 is 8.89. The summed E-state index contributed by atoms with van der Waals surface area (Å²) in [5, 5.41) is 6.32. The molecule has 0 aromatic carbocycles. The fourth-order valence-electron chi connectivity index (χ4n) is 1.63. The first-order chi connectivity index (χ1) is 9.40. The molecule has 0 N–H and O–H groups in total. The number of hydrogen-bond acceptors (Lipinski definition) is 7. The van der Waals surface area contributed by atoms with Gasteiger partial charge in [0.15, 0.2) is 0 Å². The molecular formula is C12H6N2S5. The Kier molecular flexibility index (Phi) is 3.40. The lowest BCUT2D eigenvalue weighted by Crippen LogP contribution is -1.95. The highest BCUT2D eigenvalue weighted by molar-refractivity contribution is 8.35. The van der Waals surface area contributed by atoms with Gasteiger partial charge < -0.3 is 0 Å². The molecule has 2 aliphatic heterocycles. The quantitative estimate of drug-likeness (QED) is 0.729. The first-order valence-electron chi connectivity index (χ1n) is 5.40. The Morgan fingerprint density at radius 3 is 1.95 bits per heavy atom. The van der Waals surface area contributed by atoms with Gasteiger partial charge in [0.2, 0.25) is 0 Å². The van der Waals surface area contributed by atoms with Gasteiger partial charge in [0.25, 0.3) is 0 Å². The van der Waals surface area contributed by atoms with Gasteiger partial charge in [-0.15, -0.1) is 11.3 Å². The van der Waals surface area contributed by atoms with Crippen LogP contribution in [0.2, 0.25) is 0 Å². The maximum atomic E-state index is 4.36. The van der Waals surface area contributed by atoms with Crippen LogP contribution in [-0.4, -0.2) is 9.97 Å². The van der Waals surface area contributed by atoms with Gasteiger partial charge in [0, 0.05) is 21.5 Å². The van der Waals surface area contributed by atoms with E-state index in [2.05, 4.69) is 32.9 Å². The Balaban J connectivity index is 1.79. The average molecular weight is 339 g/mol. The lowest BCUT2D eigenvalue weighted by atomic mass is 10.6. The van der Waals surface area contributed by atoms with Crippen LogP contribution in [0.15, 0.2) is 45.4 Å². The van der Waals surface area contributed by atoms with E-state index in [4.69, 9.17) is 0 Å². The Morgan fingerprint density at radius 2 is 1.32 bits per heavy atom. The summed E-state index contributed by atoms with van der Waals surface area (Å²) in [4.78, 5) is 8.72. The van der Waals surface area contributed by atoms with Crippen molar-refractivity contribution in [2.45, 2.75) is 10.1 Å². The maximum absolute atomic E-state index is 4.36. The molecule has 0 amide bonds. The van der Waals surface area contributed by atoms with Gasteiger partial charge in [-0.2, -0.15) is 0 Å². The third kappa shape index (κ3) is 2.38. The Labute approximate surface area is 130 Å². The number of aromatic nitrogens is 2. The molecule has 0 atom stereocenters. The van der Waals surface area contributed by atoms with E-state index in [-0.39, 0.29) is 0 Å². The second kappa shape index (κ2) is 5.21. The van der Waals surface area contributed by atoms with E-state index in [0.717, 1.165) is 10.1 Å². The average Bonchev–Trinajstić information content (AvgIpc) is 3.17. The van der Waals surface area contributed by atoms with E-state index >= 15 is 0 Å². The number of hydrogen-bond donors (Lipinski definition) is 0. The number of thiophene rings is 1. The molecule has 0 unspecified atom stereocenters. The molecule has 94 valence electrons. The maximum Gasteiger partial charge on any atom is 0.134 e. The van der Waals surface area contributed by atoms with Crippen LogP contribution in [-0.2, 0) is 0 Å². The van der Waals surface area contributed by atoms with Crippen LogP contribution in [0.25, 0.3) is 8.47 Å². The van der Waals surface area contributed by atoms with Crippen molar-refractivity contribution in [3.63, 3.8) is 0 Å². The lowest BCUT2D eigenvalue weighted by Gasteiger charge is -1.89. The van der Waals surface area contributed by atoms with Gasteiger partial charge >= 0.3 is 0 Å². The summed E-state index contributed by atoms with van der Waals surface area (Å²) in [7, 11) is 0.